The Hall–Kier alpha value is -5.87. The Bertz CT molecular complexity index is 2610. The van der Waals surface area contributed by atoms with E-state index in [0.717, 1.165) is 89.4 Å². The molecule has 4 nitrogen and oxygen atoms in total. The summed E-state index contributed by atoms with van der Waals surface area (Å²) in [6.45, 7) is 20.5. The molecule has 0 saturated carbocycles. The van der Waals surface area contributed by atoms with Crippen molar-refractivity contribution in [2.75, 3.05) is 0 Å². The van der Waals surface area contributed by atoms with E-state index in [1.165, 1.54) is 16.7 Å². The van der Waals surface area contributed by atoms with Crippen LogP contribution in [0.2, 0.25) is 0 Å². The number of benzene rings is 4. The first-order valence-corrected chi connectivity index (χ1v) is 19.4. The van der Waals surface area contributed by atoms with Crippen LogP contribution in [-0.4, -0.2) is 19.9 Å². The zero-order valence-electron chi connectivity index (χ0n) is 33.4. The maximum atomic E-state index is 5.53. The topological polar surface area (TPSA) is 54.5 Å². The number of fused-ring (bicyclic) bond motifs is 11. The highest BCUT2D eigenvalue weighted by Crippen LogP contribution is 2.44. The lowest BCUT2D eigenvalue weighted by atomic mass is 9.84. The van der Waals surface area contributed by atoms with Crippen LogP contribution < -0.4 is 0 Å². The van der Waals surface area contributed by atoms with E-state index in [2.05, 4.69) is 189 Å². The summed E-state index contributed by atoms with van der Waals surface area (Å²) in [6.07, 6.45) is 0. The summed E-state index contributed by atoms with van der Waals surface area (Å²) in [5.41, 5.74) is 17.4. The maximum absolute atomic E-state index is 5.53. The van der Waals surface area contributed by atoms with Gasteiger partial charge in [0.1, 0.15) is 0 Å². The molecule has 8 aromatic rings. The van der Waals surface area contributed by atoms with Crippen molar-refractivity contribution >= 4 is 21.8 Å². The minimum absolute atomic E-state index is 0.127. The lowest BCUT2D eigenvalue weighted by Crippen LogP contribution is -2.14. The molecular formula is C51H48N4. The van der Waals surface area contributed by atoms with E-state index in [-0.39, 0.29) is 16.2 Å². The largest absolute Gasteiger partial charge is 0.353 e. The van der Waals surface area contributed by atoms with E-state index in [4.69, 9.17) is 15.0 Å². The number of nitrogens with zero attached hydrogens (tertiary/aromatic N) is 3. The van der Waals surface area contributed by atoms with E-state index in [1.54, 1.807) is 0 Å². The highest BCUT2D eigenvalue weighted by molar-refractivity contribution is 6.17. The van der Waals surface area contributed by atoms with Gasteiger partial charge in [-0.05, 0) is 116 Å². The first-order valence-electron chi connectivity index (χ1n) is 19.4. The number of pyridine rings is 3. The molecule has 1 aliphatic rings. The fourth-order valence-electron chi connectivity index (χ4n) is 7.79. The number of hydrogen-bond acceptors (Lipinski definition) is 3. The molecule has 272 valence electrons. The molecule has 1 N–H and O–H groups in total. The molecule has 0 fully saturated rings. The summed E-state index contributed by atoms with van der Waals surface area (Å²) in [7, 11) is 0. The second kappa shape index (κ2) is 12.3. The lowest BCUT2D eigenvalue weighted by molar-refractivity contribution is 0.588. The monoisotopic (exact) mass is 716 g/mol. The van der Waals surface area contributed by atoms with Gasteiger partial charge < -0.3 is 4.98 Å². The summed E-state index contributed by atoms with van der Waals surface area (Å²) < 4.78 is 0. The fourth-order valence-corrected chi connectivity index (χ4v) is 7.79. The van der Waals surface area contributed by atoms with Crippen LogP contribution in [0.15, 0.2) is 121 Å². The zero-order valence-corrected chi connectivity index (χ0v) is 33.4. The summed E-state index contributed by atoms with van der Waals surface area (Å²) in [4.78, 5) is 20.5. The van der Waals surface area contributed by atoms with Gasteiger partial charge in [0.2, 0.25) is 0 Å². The van der Waals surface area contributed by atoms with Crippen molar-refractivity contribution < 1.29 is 0 Å². The molecule has 0 amide bonds. The molecule has 0 spiro atoms. The molecule has 1 aliphatic heterocycles. The first kappa shape index (κ1) is 34.9. The molecule has 4 heteroatoms. The number of rotatable bonds is 2. The van der Waals surface area contributed by atoms with Crippen LogP contribution in [0.3, 0.4) is 0 Å². The van der Waals surface area contributed by atoms with Gasteiger partial charge in [-0.3, -0.25) is 0 Å². The standard InChI is InChI=1S/C51H48N4/c1-49(2,3)34-24-41-39-22-32(30-16-12-10-13-17-30)20-37-38-21-33(31-18-14-11-15-19-31)23-40(48(38)55-47(37)39)42-25-35(50(4,5)6)27-44(53-42)46-29-36(51(7,8)9)28-45(54-46)43(26-34)52-41/h10-29,55H,1-9H3. The lowest BCUT2D eigenvalue weighted by Gasteiger charge is -2.24. The Morgan fingerprint density at radius 1 is 0.345 bits per heavy atom. The molecule has 0 saturated heterocycles. The fraction of sp³-hybridized carbons (Fsp3) is 0.235. The van der Waals surface area contributed by atoms with Gasteiger partial charge in [-0.25, -0.2) is 15.0 Å². The number of aromatic amines is 1. The van der Waals surface area contributed by atoms with Crippen molar-refractivity contribution in [1.29, 1.82) is 0 Å². The molecule has 55 heavy (non-hydrogen) atoms. The van der Waals surface area contributed by atoms with Crippen molar-refractivity contribution in [2.24, 2.45) is 0 Å². The Morgan fingerprint density at radius 2 is 0.655 bits per heavy atom. The number of H-pyrrole nitrogens is 1. The molecule has 4 aromatic heterocycles. The van der Waals surface area contributed by atoms with Gasteiger partial charge >= 0.3 is 0 Å². The Labute approximate surface area is 324 Å². The zero-order chi connectivity index (χ0) is 38.4. The van der Waals surface area contributed by atoms with Crippen molar-refractivity contribution in [3.8, 4) is 67.5 Å². The third-order valence-electron chi connectivity index (χ3n) is 11.2. The molecule has 8 bridgehead atoms. The first-order chi connectivity index (χ1) is 26.1. The van der Waals surface area contributed by atoms with Gasteiger partial charge in [-0.1, -0.05) is 123 Å². The molecule has 4 aromatic carbocycles. The molecule has 0 radical (unpaired) electrons. The summed E-state index contributed by atoms with van der Waals surface area (Å²) in [6, 6.07) is 44.3. The Morgan fingerprint density at radius 3 is 0.982 bits per heavy atom. The molecule has 0 atom stereocenters. The summed E-state index contributed by atoms with van der Waals surface area (Å²) >= 11 is 0. The third kappa shape index (κ3) is 6.24. The van der Waals surface area contributed by atoms with Gasteiger partial charge in [-0.2, -0.15) is 0 Å². The minimum Gasteiger partial charge on any atom is -0.353 e. The molecular weight excluding hydrogens is 669 g/mol. The van der Waals surface area contributed by atoms with E-state index in [9.17, 15) is 0 Å². The van der Waals surface area contributed by atoms with Crippen molar-refractivity contribution in [1.82, 2.24) is 19.9 Å². The average molecular weight is 717 g/mol. The predicted octanol–water partition coefficient (Wildman–Crippen LogP) is 13.7. The van der Waals surface area contributed by atoms with Crippen LogP contribution in [0.5, 0.6) is 0 Å². The van der Waals surface area contributed by atoms with Gasteiger partial charge in [0.05, 0.1) is 45.2 Å². The predicted molar refractivity (Wildman–Crippen MR) is 231 cm³/mol. The summed E-state index contributed by atoms with van der Waals surface area (Å²) in [5.74, 6) is 0. The van der Waals surface area contributed by atoms with E-state index >= 15 is 0 Å². The van der Waals surface area contributed by atoms with Gasteiger partial charge in [0.25, 0.3) is 0 Å². The number of nitrogens with one attached hydrogen (secondary N) is 1. The quantitative estimate of drug-likeness (QED) is 0.194. The van der Waals surface area contributed by atoms with Gasteiger partial charge in [0.15, 0.2) is 0 Å². The van der Waals surface area contributed by atoms with Crippen LogP contribution in [-0.2, 0) is 16.2 Å². The van der Waals surface area contributed by atoms with Crippen LogP contribution in [0.1, 0.15) is 79.0 Å². The van der Waals surface area contributed by atoms with E-state index in [1.807, 2.05) is 0 Å². The molecule has 0 aliphatic carbocycles. The second-order valence-electron chi connectivity index (χ2n) is 18.4. The van der Waals surface area contributed by atoms with Crippen LogP contribution >= 0.6 is 0 Å². The molecule has 9 rings (SSSR count). The number of aromatic nitrogens is 4. The van der Waals surface area contributed by atoms with Gasteiger partial charge in [0, 0.05) is 21.9 Å². The van der Waals surface area contributed by atoms with Crippen LogP contribution in [0.4, 0.5) is 0 Å². The average Bonchev–Trinajstić information content (AvgIpc) is 3.54. The van der Waals surface area contributed by atoms with E-state index < -0.39 is 0 Å². The van der Waals surface area contributed by atoms with Crippen LogP contribution in [0, 0.1) is 0 Å². The SMILES string of the molecule is CC(C)(C)c1cc2nc(c1)-c1cc(C(C)(C)C)cc(n1)-c1cc(-c3ccccc3)cc3c1[nH]c1c(cc(-c4ccccc4)cc13)-c1cc(C(C)(C)C)cc-2n1. The van der Waals surface area contributed by atoms with Crippen molar-refractivity contribution in [3.63, 3.8) is 0 Å². The van der Waals surface area contributed by atoms with Crippen molar-refractivity contribution in [2.45, 2.75) is 78.6 Å². The summed E-state index contributed by atoms with van der Waals surface area (Å²) in [5, 5.41) is 2.32. The minimum atomic E-state index is -0.131. The Kier molecular flexibility index (Phi) is 7.81. The molecule has 0 unspecified atom stereocenters. The van der Waals surface area contributed by atoms with Crippen molar-refractivity contribution in [3.05, 3.63) is 138 Å². The Balaban J connectivity index is 1.52. The highest BCUT2D eigenvalue weighted by atomic mass is 14.8. The normalized spacial score (nSPS) is 12.8. The third-order valence-corrected chi connectivity index (χ3v) is 11.2. The van der Waals surface area contributed by atoms with Gasteiger partial charge in [-0.15, -0.1) is 0 Å². The smallest absolute Gasteiger partial charge is 0.0897 e. The molecule has 5 heterocycles. The number of hydrogen-bond donors (Lipinski definition) is 1. The maximum Gasteiger partial charge on any atom is 0.0897 e. The highest BCUT2D eigenvalue weighted by Gasteiger charge is 2.26. The van der Waals surface area contributed by atoms with Crippen LogP contribution in [0.25, 0.3) is 89.4 Å². The second-order valence-corrected chi connectivity index (χ2v) is 18.4. The van der Waals surface area contributed by atoms with E-state index in [0.29, 0.717) is 0 Å².